The van der Waals surface area contributed by atoms with E-state index in [1.54, 1.807) is 36.3 Å². The summed E-state index contributed by atoms with van der Waals surface area (Å²) in [6.07, 6.45) is 0.839. The summed E-state index contributed by atoms with van der Waals surface area (Å²) < 4.78 is 10.8. The van der Waals surface area contributed by atoms with Crippen molar-refractivity contribution in [3.63, 3.8) is 0 Å². The number of anilines is 1. The zero-order valence-electron chi connectivity index (χ0n) is 23.0. The van der Waals surface area contributed by atoms with Crippen LogP contribution >= 0.6 is 0 Å². The molecule has 7 heteroatoms. The number of rotatable bonds is 11. The monoisotopic (exact) mass is 525 g/mol. The lowest BCUT2D eigenvalue weighted by Gasteiger charge is -2.25. The van der Waals surface area contributed by atoms with Crippen LogP contribution < -0.4 is 9.64 Å². The number of benzene rings is 3. The Balaban J connectivity index is 1.77. The molecule has 0 saturated heterocycles. The SMILES string of the molecule is C=C(CC1(N=Nc2ccc(OC)cc2)C(=O)N(Cc2ccccc2)c2ccc(C)cc21)C(=O)OCC(C)CC. The lowest BCUT2D eigenvalue weighted by molar-refractivity contribution is -0.140. The summed E-state index contributed by atoms with van der Waals surface area (Å²) in [5, 5.41) is 9.18. The topological polar surface area (TPSA) is 80.6 Å². The van der Waals surface area contributed by atoms with Gasteiger partial charge in [-0.05, 0) is 48.7 Å². The highest BCUT2D eigenvalue weighted by Gasteiger charge is 2.52. The van der Waals surface area contributed by atoms with Crippen LogP contribution in [0.25, 0.3) is 0 Å². The molecule has 4 rings (SSSR count). The van der Waals surface area contributed by atoms with E-state index in [1.165, 1.54) is 0 Å². The molecule has 0 fully saturated rings. The fourth-order valence-electron chi connectivity index (χ4n) is 4.50. The Morgan fingerprint density at radius 1 is 1.08 bits per heavy atom. The highest BCUT2D eigenvalue weighted by atomic mass is 16.5. The van der Waals surface area contributed by atoms with Crippen molar-refractivity contribution in [1.82, 2.24) is 0 Å². The van der Waals surface area contributed by atoms with Gasteiger partial charge in [-0.3, -0.25) is 4.79 Å². The molecule has 1 amide bonds. The van der Waals surface area contributed by atoms with Crippen LogP contribution in [-0.2, 0) is 26.4 Å². The third kappa shape index (κ3) is 6.08. The summed E-state index contributed by atoms with van der Waals surface area (Å²) >= 11 is 0. The minimum Gasteiger partial charge on any atom is -0.497 e. The third-order valence-corrected chi connectivity index (χ3v) is 7.03. The minimum atomic E-state index is -1.47. The van der Waals surface area contributed by atoms with Gasteiger partial charge < -0.3 is 14.4 Å². The molecule has 2 unspecified atom stereocenters. The number of hydrogen-bond acceptors (Lipinski definition) is 6. The van der Waals surface area contributed by atoms with Crippen LogP contribution in [0, 0.1) is 12.8 Å². The average molecular weight is 526 g/mol. The van der Waals surface area contributed by atoms with E-state index < -0.39 is 11.5 Å². The predicted molar refractivity (Wildman–Crippen MR) is 152 cm³/mol. The molecule has 202 valence electrons. The number of fused-ring (bicyclic) bond motifs is 1. The predicted octanol–water partition coefficient (Wildman–Crippen LogP) is 7.07. The Labute approximate surface area is 230 Å². The minimum absolute atomic E-state index is 0.0490. The van der Waals surface area contributed by atoms with Gasteiger partial charge >= 0.3 is 5.97 Å². The molecule has 0 aromatic heterocycles. The molecule has 39 heavy (non-hydrogen) atoms. The number of azo groups is 1. The molecule has 0 saturated carbocycles. The zero-order chi connectivity index (χ0) is 28.0. The number of amides is 1. The number of carbonyl (C=O) groups is 2. The van der Waals surface area contributed by atoms with Crippen molar-refractivity contribution in [2.45, 2.75) is 45.7 Å². The van der Waals surface area contributed by atoms with Crippen molar-refractivity contribution in [2.24, 2.45) is 16.1 Å². The molecule has 7 nitrogen and oxygen atoms in total. The molecule has 2 atom stereocenters. The molecule has 0 aliphatic carbocycles. The second kappa shape index (κ2) is 12.1. The summed E-state index contributed by atoms with van der Waals surface area (Å²) in [6.45, 7) is 10.7. The summed E-state index contributed by atoms with van der Waals surface area (Å²) in [5.74, 6) is 0.120. The fraction of sp³-hybridized carbons (Fsp3) is 0.312. The van der Waals surface area contributed by atoms with E-state index >= 15 is 0 Å². The van der Waals surface area contributed by atoms with Gasteiger partial charge in [0.25, 0.3) is 5.91 Å². The Kier molecular flexibility index (Phi) is 8.59. The normalized spacial score (nSPS) is 17.2. The van der Waals surface area contributed by atoms with Crippen molar-refractivity contribution in [1.29, 1.82) is 0 Å². The molecule has 0 spiro atoms. The fourth-order valence-corrected chi connectivity index (χ4v) is 4.50. The molecule has 0 radical (unpaired) electrons. The summed E-state index contributed by atoms with van der Waals surface area (Å²) in [7, 11) is 1.59. The smallest absolute Gasteiger partial charge is 0.333 e. The Morgan fingerprint density at radius 3 is 2.46 bits per heavy atom. The van der Waals surface area contributed by atoms with Crippen LogP contribution in [0.4, 0.5) is 11.4 Å². The van der Waals surface area contributed by atoms with Gasteiger partial charge in [0.05, 0.1) is 31.6 Å². The van der Waals surface area contributed by atoms with Crippen LogP contribution in [0.3, 0.4) is 0 Å². The van der Waals surface area contributed by atoms with Gasteiger partial charge in [0.15, 0.2) is 5.54 Å². The quantitative estimate of drug-likeness (QED) is 0.152. The first-order chi connectivity index (χ1) is 18.8. The maximum Gasteiger partial charge on any atom is 0.333 e. The number of esters is 1. The van der Waals surface area contributed by atoms with Crippen LogP contribution in [0.1, 0.15) is 43.4 Å². The molecular formula is C32H35N3O4. The van der Waals surface area contributed by atoms with Gasteiger partial charge in [-0.25, -0.2) is 4.79 Å². The van der Waals surface area contributed by atoms with Crippen LogP contribution in [0.2, 0.25) is 0 Å². The molecule has 1 aliphatic heterocycles. The Bertz CT molecular complexity index is 1370. The van der Waals surface area contributed by atoms with E-state index in [9.17, 15) is 9.59 Å². The molecule has 3 aromatic rings. The molecule has 3 aromatic carbocycles. The van der Waals surface area contributed by atoms with E-state index in [2.05, 4.69) is 11.7 Å². The maximum absolute atomic E-state index is 14.4. The van der Waals surface area contributed by atoms with Crippen molar-refractivity contribution in [2.75, 3.05) is 18.6 Å². The number of carbonyl (C=O) groups excluding carboxylic acids is 2. The van der Waals surface area contributed by atoms with E-state index in [0.29, 0.717) is 30.2 Å². The van der Waals surface area contributed by atoms with E-state index in [-0.39, 0.29) is 23.8 Å². The molecular weight excluding hydrogens is 490 g/mol. The first-order valence-corrected chi connectivity index (χ1v) is 13.2. The summed E-state index contributed by atoms with van der Waals surface area (Å²) in [6, 6.07) is 22.7. The second-order valence-electron chi connectivity index (χ2n) is 10.0. The van der Waals surface area contributed by atoms with Crippen molar-refractivity contribution >= 4 is 23.3 Å². The van der Waals surface area contributed by atoms with Crippen LogP contribution in [0.5, 0.6) is 5.75 Å². The highest BCUT2D eigenvalue weighted by molar-refractivity contribution is 6.09. The van der Waals surface area contributed by atoms with Crippen molar-refractivity contribution in [3.8, 4) is 5.75 Å². The van der Waals surface area contributed by atoms with Gasteiger partial charge in [0.2, 0.25) is 0 Å². The van der Waals surface area contributed by atoms with E-state index in [1.807, 2.05) is 69.3 Å². The average Bonchev–Trinajstić information content (AvgIpc) is 3.17. The first-order valence-electron chi connectivity index (χ1n) is 13.2. The highest BCUT2D eigenvalue weighted by Crippen LogP contribution is 2.48. The number of hydrogen-bond donors (Lipinski definition) is 0. The van der Waals surface area contributed by atoms with E-state index in [0.717, 1.165) is 23.2 Å². The lowest BCUT2D eigenvalue weighted by atomic mass is 9.85. The number of nitrogens with zero attached hydrogens (tertiary/aromatic N) is 3. The molecule has 0 bridgehead atoms. The van der Waals surface area contributed by atoms with Crippen molar-refractivity contribution in [3.05, 3.63) is 102 Å². The maximum atomic E-state index is 14.4. The van der Waals surface area contributed by atoms with Gasteiger partial charge in [0, 0.05) is 17.6 Å². The molecule has 1 heterocycles. The molecule has 0 N–H and O–H groups in total. The van der Waals surface area contributed by atoms with Gasteiger partial charge in [-0.1, -0.05) is 74.9 Å². The summed E-state index contributed by atoms with van der Waals surface area (Å²) in [5.41, 5.74) is 2.64. The Morgan fingerprint density at radius 2 is 1.79 bits per heavy atom. The van der Waals surface area contributed by atoms with Gasteiger partial charge in [-0.2, -0.15) is 10.2 Å². The van der Waals surface area contributed by atoms with E-state index in [4.69, 9.17) is 14.6 Å². The molecule has 1 aliphatic rings. The number of aryl methyl sites for hydroxylation is 1. The second-order valence-corrected chi connectivity index (χ2v) is 10.0. The van der Waals surface area contributed by atoms with Crippen LogP contribution in [-0.4, -0.2) is 25.6 Å². The van der Waals surface area contributed by atoms with Crippen molar-refractivity contribution < 1.29 is 19.1 Å². The first kappa shape index (κ1) is 27.8. The Hall–Kier alpha value is -4.26. The van der Waals surface area contributed by atoms with Gasteiger partial charge in [-0.15, -0.1) is 0 Å². The zero-order valence-corrected chi connectivity index (χ0v) is 23.0. The van der Waals surface area contributed by atoms with Crippen LogP contribution in [0.15, 0.2) is 95.2 Å². The van der Waals surface area contributed by atoms with Gasteiger partial charge in [0.1, 0.15) is 5.75 Å². The standard InChI is InChI=1S/C32H35N3O4/c1-6-22(2)21-39-30(36)24(4)19-32(34-33-26-13-15-27(38-5)16-14-26)28-18-23(3)12-17-29(28)35(31(32)37)20-25-10-8-7-9-11-25/h7-18,22H,4,6,19-21H2,1-3,5H3. The largest absolute Gasteiger partial charge is 0.497 e. The third-order valence-electron chi connectivity index (χ3n) is 7.03. The lowest BCUT2D eigenvalue weighted by Crippen LogP contribution is -2.39. The number of methoxy groups -OCH3 is 1. The summed E-state index contributed by atoms with van der Waals surface area (Å²) in [4.78, 5) is 29.0. The number of ether oxygens (including phenoxy) is 2.